The van der Waals surface area contributed by atoms with Crippen LogP contribution in [0.15, 0.2) is 30.3 Å². The lowest BCUT2D eigenvalue weighted by molar-refractivity contribution is -0.217. The van der Waals surface area contributed by atoms with Crippen molar-refractivity contribution in [2.45, 2.75) is 44.4 Å². The van der Waals surface area contributed by atoms with Crippen molar-refractivity contribution >= 4 is 5.91 Å². The molecule has 1 aliphatic heterocycles. The van der Waals surface area contributed by atoms with Crippen LogP contribution in [-0.4, -0.2) is 33.4 Å². The Kier molecular flexibility index (Phi) is 3.30. The molecule has 1 heterocycles. The van der Waals surface area contributed by atoms with Crippen LogP contribution in [0.3, 0.4) is 0 Å². The summed E-state index contributed by atoms with van der Waals surface area (Å²) in [6.07, 6.45) is 3.21. The summed E-state index contributed by atoms with van der Waals surface area (Å²) in [7, 11) is 0. The smallest absolute Gasteiger partial charge is 0.225 e. The molecule has 1 aromatic rings. The summed E-state index contributed by atoms with van der Waals surface area (Å²) >= 11 is 0. The fraction of sp³-hybridized carbons (Fsp3) is 0.562. The van der Waals surface area contributed by atoms with Crippen LogP contribution in [0.2, 0.25) is 0 Å². The molecule has 0 bridgehead atoms. The van der Waals surface area contributed by atoms with E-state index in [9.17, 15) is 15.0 Å². The standard InChI is InChI=1S/C16H21NO3/c18-12-15-8-4-9-16(15,20)17(14(19)7-10-15)11-13-5-2-1-3-6-13/h1-3,5-6,18,20H,4,7-12H2. The topological polar surface area (TPSA) is 60.8 Å². The number of aliphatic hydroxyl groups is 2. The summed E-state index contributed by atoms with van der Waals surface area (Å²) in [5.74, 6) is -0.0117. The predicted octanol–water partition coefficient (Wildman–Crippen LogP) is 1.66. The molecule has 4 heteroatoms. The van der Waals surface area contributed by atoms with Gasteiger partial charge in [0.2, 0.25) is 5.91 Å². The first kappa shape index (κ1) is 13.6. The first-order chi connectivity index (χ1) is 9.61. The van der Waals surface area contributed by atoms with Gasteiger partial charge < -0.3 is 15.1 Å². The number of aliphatic hydroxyl groups excluding tert-OH is 1. The van der Waals surface area contributed by atoms with E-state index in [1.807, 2.05) is 30.3 Å². The number of benzene rings is 1. The maximum atomic E-state index is 12.3. The molecule has 2 atom stereocenters. The van der Waals surface area contributed by atoms with Crippen LogP contribution in [0.1, 0.15) is 37.7 Å². The average molecular weight is 275 g/mol. The van der Waals surface area contributed by atoms with Gasteiger partial charge in [-0.25, -0.2) is 0 Å². The molecule has 1 aliphatic carbocycles. The Labute approximate surface area is 119 Å². The summed E-state index contributed by atoms with van der Waals surface area (Å²) in [4.78, 5) is 13.9. The molecule has 0 spiro atoms. The van der Waals surface area contributed by atoms with Crippen LogP contribution in [0.5, 0.6) is 0 Å². The SMILES string of the molecule is O=C1CCC2(CO)CCCC2(O)N1Cc1ccccc1. The third-order valence-electron chi connectivity index (χ3n) is 5.08. The van der Waals surface area contributed by atoms with Gasteiger partial charge >= 0.3 is 0 Å². The van der Waals surface area contributed by atoms with E-state index in [0.717, 1.165) is 18.4 Å². The van der Waals surface area contributed by atoms with Gasteiger partial charge in [0, 0.05) is 18.4 Å². The van der Waals surface area contributed by atoms with Crippen molar-refractivity contribution in [2.24, 2.45) is 5.41 Å². The lowest BCUT2D eigenvalue weighted by Gasteiger charge is -2.51. The van der Waals surface area contributed by atoms with Gasteiger partial charge in [-0.15, -0.1) is 0 Å². The fourth-order valence-corrected chi connectivity index (χ4v) is 3.84. The van der Waals surface area contributed by atoms with Gasteiger partial charge in [-0.2, -0.15) is 0 Å². The van der Waals surface area contributed by atoms with Gasteiger partial charge in [0.1, 0.15) is 5.72 Å². The Morgan fingerprint density at radius 1 is 1.15 bits per heavy atom. The Morgan fingerprint density at radius 2 is 1.90 bits per heavy atom. The van der Waals surface area contributed by atoms with E-state index in [1.165, 1.54) is 0 Å². The van der Waals surface area contributed by atoms with Crippen molar-refractivity contribution in [3.63, 3.8) is 0 Å². The second-order valence-corrected chi connectivity index (χ2v) is 6.07. The number of rotatable bonds is 3. The van der Waals surface area contributed by atoms with E-state index >= 15 is 0 Å². The van der Waals surface area contributed by atoms with Gasteiger partial charge in [-0.1, -0.05) is 30.3 Å². The number of hydrogen-bond acceptors (Lipinski definition) is 3. The fourth-order valence-electron chi connectivity index (χ4n) is 3.84. The molecule has 2 fully saturated rings. The van der Waals surface area contributed by atoms with Crippen LogP contribution in [0, 0.1) is 5.41 Å². The number of carbonyl (C=O) groups is 1. The molecule has 2 aliphatic rings. The minimum absolute atomic E-state index is 0.0117. The number of carbonyl (C=O) groups excluding carboxylic acids is 1. The van der Waals surface area contributed by atoms with Gasteiger partial charge in [0.05, 0.1) is 6.61 Å². The molecule has 0 radical (unpaired) electrons. The Bertz CT molecular complexity index is 504. The number of amides is 1. The highest BCUT2D eigenvalue weighted by molar-refractivity contribution is 5.78. The van der Waals surface area contributed by atoms with Crippen molar-refractivity contribution in [2.75, 3.05) is 6.61 Å². The van der Waals surface area contributed by atoms with Crippen LogP contribution in [0.4, 0.5) is 0 Å². The molecule has 1 saturated heterocycles. The molecule has 2 N–H and O–H groups in total. The van der Waals surface area contributed by atoms with Crippen molar-refractivity contribution in [1.29, 1.82) is 0 Å². The second kappa shape index (κ2) is 4.86. The average Bonchev–Trinajstić information content (AvgIpc) is 2.82. The number of piperidine rings is 1. The number of nitrogens with zero attached hydrogens (tertiary/aromatic N) is 1. The molecular formula is C16H21NO3. The molecule has 1 amide bonds. The van der Waals surface area contributed by atoms with Crippen molar-refractivity contribution in [3.05, 3.63) is 35.9 Å². The summed E-state index contributed by atoms with van der Waals surface area (Å²) < 4.78 is 0. The molecule has 1 saturated carbocycles. The van der Waals surface area contributed by atoms with E-state index < -0.39 is 11.1 Å². The lowest BCUT2D eigenvalue weighted by atomic mass is 9.72. The Hall–Kier alpha value is -1.39. The highest BCUT2D eigenvalue weighted by Crippen LogP contribution is 2.54. The van der Waals surface area contributed by atoms with Crippen LogP contribution in [-0.2, 0) is 11.3 Å². The summed E-state index contributed by atoms with van der Waals surface area (Å²) in [6.45, 7) is 0.361. The zero-order valence-electron chi connectivity index (χ0n) is 11.6. The van der Waals surface area contributed by atoms with Gasteiger partial charge in [-0.05, 0) is 31.2 Å². The van der Waals surface area contributed by atoms with E-state index in [-0.39, 0.29) is 12.5 Å². The van der Waals surface area contributed by atoms with Gasteiger partial charge in [0.15, 0.2) is 0 Å². The summed E-state index contributed by atoms with van der Waals surface area (Å²) in [5, 5.41) is 20.9. The number of likely N-dealkylation sites (tertiary alicyclic amines) is 1. The zero-order chi connectivity index (χ0) is 14.2. The minimum atomic E-state index is -1.19. The Balaban J connectivity index is 1.93. The van der Waals surface area contributed by atoms with E-state index in [2.05, 4.69) is 0 Å². The van der Waals surface area contributed by atoms with Crippen LogP contribution in [0.25, 0.3) is 0 Å². The van der Waals surface area contributed by atoms with E-state index in [4.69, 9.17) is 0 Å². The van der Waals surface area contributed by atoms with Crippen molar-refractivity contribution in [3.8, 4) is 0 Å². The van der Waals surface area contributed by atoms with Crippen molar-refractivity contribution < 1.29 is 15.0 Å². The van der Waals surface area contributed by atoms with Gasteiger partial charge in [0.25, 0.3) is 0 Å². The lowest BCUT2D eigenvalue weighted by Crippen LogP contribution is -2.63. The highest BCUT2D eigenvalue weighted by Gasteiger charge is 2.60. The molecule has 20 heavy (non-hydrogen) atoms. The van der Waals surface area contributed by atoms with Gasteiger partial charge in [-0.3, -0.25) is 4.79 Å². The molecule has 0 aromatic heterocycles. The number of hydrogen-bond donors (Lipinski definition) is 2. The maximum Gasteiger partial charge on any atom is 0.225 e. The molecule has 108 valence electrons. The molecule has 4 nitrogen and oxygen atoms in total. The first-order valence-electron chi connectivity index (χ1n) is 7.29. The normalized spacial score (nSPS) is 33.3. The zero-order valence-corrected chi connectivity index (χ0v) is 11.6. The van der Waals surface area contributed by atoms with E-state index in [1.54, 1.807) is 4.90 Å². The highest BCUT2D eigenvalue weighted by atomic mass is 16.3. The Morgan fingerprint density at radius 3 is 2.60 bits per heavy atom. The summed E-state index contributed by atoms with van der Waals surface area (Å²) in [6, 6.07) is 9.72. The van der Waals surface area contributed by atoms with E-state index in [0.29, 0.717) is 25.8 Å². The number of fused-ring (bicyclic) bond motifs is 1. The molecule has 2 unspecified atom stereocenters. The van der Waals surface area contributed by atoms with Crippen molar-refractivity contribution in [1.82, 2.24) is 4.90 Å². The monoisotopic (exact) mass is 275 g/mol. The largest absolute Gasteiger partial charge is 0.396 e. The van der Waals surface area contributed by atoms with Crippen LogP contribution < -0.4 is 0 Å². The molecule has 3 rings (SSSR count). The third kappa shape index (κ3) is 1.86. The molecular weight excluding hydrogens is 254 g/mol. The maximum absolute atomic E-state index is 12.3. The first-order valence-corrected chi connectivity index (χ1v) is 7.29. The second-order valence-electron chi connectivity index (χ2n) is 6.07. The minimum Gasteiger partial charge on any atom is -0.396 e. The third-order valence-corrected chi connectivity index (χ3v) is 5.08. The quantitative estimate of drug-likeness (QED) is 0.882. The van der Waals surface area contributed by atoms with Crippen LogP contribution >= 0.6 is 0 Å². The summed E-state index contributed by atoms with van der Waals surface area (Å²) in [5.41, 5.74) is -0.710. The molecule has 1 aromatic carbocycles. The predicted molar refractivity (Wildman–Crippen MR) is 74.5 cm³/mol.